The Bertz CT molecular complexity index is 1040. The van der Waals surface area contributed by atoms with E-state index in [0.717, 1.165) is 26.0 Å². The molecular weight excluding hydrogens is 380 g/mol. The molecule has 0 saturated heterocycles. The summed E-state index contributed by atoms with van der Waals surface area (Å²) in [5, 5.41) is 4.85. The molecule has 1 N–H and O–H groups in total. The van der Waals surface area contributed by atoms with Crippen molar-refractivity contribution >= 4 is 56.2 Å². The number of hydrogen-bond acceptors (Lipinski definition) is 5. The van der Waals surface area contributed by atoms with Gasteiger partial charge in [0.2, 0.25) is 0 Å². The third-order valence-corrected chi connectivity index (χ3v) is 6.96. The van der Waals surface area contributed by atoms with Crippen LogP contribution in [-0.2, 0) is 5.75 Å². The quantitative estimate of drug-likeness (QED) is 0.408. The van der Waals surface area contributed by atoms with Gasteiger partial charge in [0.1, 0.15) is 0 Å². The Kier molecular flexibility index (Phi) is 5.06. The van der Waals surface area contributed by atoms with Crippen molar-refractivity contribution in [2.75, 3.05) is 5.32 Å². The number of rotatable bonds is 5. The van der Waals surface area contributed by atoms with E-state index < -0.39 is 0 Å². The molecule has 0 aliphatic heterocycles. The third-order valence-electron chi connectivity index (χ3n) is 3.85. The maximum Gasteiger partial charge on any atom is 0.265 e. The van der Waals surface area contributed by atoms with Crippen molar-refractivity contribution < 1.29 is 4.79 Å². The highest BCUT2D eigenvalue weighted by molar-refractivity contribution is 8.00. The topological polar surface area (TPSA) is 42.0 Å². The number of thiazole rings is 1. The predicted molar refractivity (Wildman–Crippen MR) is 113 cm³/mol. The van der Waals surface area contributed by atoms with Crippen LogP contribution in [-0.4, -0.2) is 10.9 Å². The van der Waals surface area contributed by atoms with E-state index in [1.807, 2.05) is 35.7 Å². The minimum atomic E-state index is -0.0714. The summed E-state index contributed by atoms with van der Waals surface area (Å²) in [5.41, 5.74) is 4.34. The molecule has 4 rings (SSSR count). The number of hydrogen-bond donors (Lipinski definition) is 1. The molecule has 0 unspecified atom stereocenters. The van der Waals surface area contributed by atoms with Crippen LogP contribution in [0, 0.1) is 6.92 Å². The van der Waals surface area contributed by atoms with Crippen LogP contribution in [0.15, 0.2) is 64.3 Å². The highest BCUT2D eigenvalue weighted by Gasteiger charge is 2.09. The molecule has 6 heteroatoms. The first-order chi connectivity index (χ1) is 12.7. The van der Waals surface area contributed by atoms with Crippen molar-refractivity contribution in [2.24, 2.45) is 0 Å². The number of benzene rings is 2. The molecule has 3 nitrogen and oxygen atoms in total. The summed E-state index contributed by atoms with van der Waals surface area (Å²) in [7, 11) is 0. The van der Waals surface area contributed by atoms with Crippen molar-refractivity contribution in [1.29, 1.82) is 0 Å². The van der Waals surface area contributed by atoms with Gasteiger partial charge in [-0.3, -0.25) is 4.79 Å². The molecule has 130 valence electrons. The molecule has 0 atom stereocenters. The van der Waals surface area contributed by atoms with E-state index >= 15 is 0 Å². The second-order valence-electron chi connectivity index (χ2n) is 5.87. The SMILES string of the molecule is Cc1ccc(CSc2nc3ccc(NC(=O)c4cccs4)cc3s2)cc1. The van der Waals surface area contributed by atoms with Gasteiger partial charge in [0.25, 0.3) is 5.91 Å². The highest BCUT2D eigenvalue weighted by Crippen LogP contribution is 2.33. The molecule has 26 heavy (non-hydrogen) atoms. The Morgan fingerprint density at radius 3 is 2.77 bits per heavy atom. The van der Waals surface area contributed by atoms with Gasteiger partial charge < -0.3 is 5.32 Å². The van der Waals surface area contributed by atoms with Gasteiger partial charge in [-0.2, -0.15) is 0 Å². The molecule has 4 aromatic rings. The van der Waals surface area contributed by atoms with Gasteiger partial charge in [0.15, 0.2) is 4.34 Å². The predicted octanol–water partition coefficient (Wildman–Crippen LogP) is 6.21. The summed E-state index contributed by atoms with van der Waals surface area (Å²) < 4.78 is 2.13. The number of aryl methyl sites for hydroxylation is 1. The molecule has 0 bridgehead atoms. The van der Waals surface area contributed by atoms with Crippen molar-refractivity contribution in [1.82, 2.24) is 4.98 Å². The Balaban J connectivity index is 1.47. The smallest absolute Gasteiger partial charge is 0.265 e. The zero-order valence-corrected chi connectivity index (χ0v) is 16.5. The summed E-state index contributed by atoms with van der Waals surface area (Å²) in [4.78, 5) is 17.6. The molecule has 0 fully saturated rings. The largest absolute Gasteiger partial charge is 0.321 e. The Labute approximate surface area is 164 Å². The Hall–Kier alpha value is -2.15. The lowest BCUT2D eigenvalue weighted by Gasteiger charge is -2.02. The first-order valence-corrected chi connectivity index (χ1v) is 10.8. The molecule has 1 amide bonds. The number of nitrogens with one attached hydrogen (secondary N) is 1. The maximum atomic E-state index is 12.2. The van der Waals surface area contributed by atoms with Gasteiger partial charge in [-0.15, -0.1) is 22.7 Å². The number of nitrogens with zero attached hydrogens (tertiary/aromatic N) is 1. The van der Waals surface area contributed by atoms with Crippen molar-refractivity contribution in [3.05, 3.63) is 76.0 Å². The van der Waals surface area contributed by atoms with Crippen LogP contribution < -0.4 is 5.32 Å². The average Bonchev–Trinajstić information content (AvgIpc) is 3.30. The van der Waals surface area contributed by atoms with Crippen molar-refractivity contribution in [3.63, 3.8) is 0 Å². The Morgan fingerprint density at radius 2 is 2.00 bits per heavy atom. The third kappa shape index (κ3) is 3.98. The van der Waals surface area contributed by atoms with Gasteiger partial charge in [-0.1, -0.05) is 47.7 Å². The van der Waals surface area contributed by atoms with Crippen molar-refractivity contribution in [3.8, 4) is 0 Å². The molecule has 0 aliphatic carbocycles. The minimum absolute atomic E-state index is 0.0714. The van der Waals surface area contributed by atoms with Gasteiger partial charge >= 0.3 is 0 Å². The number of aromatic nitrogens is 1. The average molecular weight is 397 g/mol. The minimum Gasteiger partial charge on any atom is -0.321 e. The number of thioether (sulfide) groups is 1. The summed E-state index contributed by atoms with van der Waals surface area (Å²) in [5.74, 6) is 0.833. The van der Waals surface area contributed by atoms with E-state index in [0.29, 0.717) is 4.88 Å². The summed E-state index contributed by atoms with van der Waals surface area (Å²) in [6.45, 7) is 2.10. The molecule has 0 spiro atoms. The zero-order valence-electron chi connectivity index (χ0n) is 14.1. The van der Waals surface area contributed by atoms with Crippen LogP contribution in [0.3, 0.4) is 0 Å². The van der Waals surface area contributed by atoms with E-state index in [9.17, 15) is 4.79 Å². The lowest BCUT2D eigenvalue weighted by molar-refractivity contribution is 0.103. The number of amides is 1. The van der Waals surface area contributed by atoms with Crippen LogP contribution in [0.2, 0.25) is 0 Å². The molecule has 2 aromatic heterocycles. The fraction of sp³-hybridized carbons (Fsp3) is 0.100. The number of fused-ring (bicyclic) bond motifs is 1. The molecule has 0 aliphatic rings. The number of thiophene rings is 1. The first-order valence-electron chi connectivity index (χ1n) is 8.11. The van der Waals surface area contributed by atoms with Crippen molar-refractivity contribution in [2.45, 2.75) is 17.0 Å². The van der Waals surface area contributed by atoms with Gasteiger partial charge in [-0.05, 0) is 42.1 Å². The van der Waals surface area contributed by atoms with Gasteiger partial charge in [-0.25, -0.2) is 4.98 Å². The molecule has 2 heterocycles. The second-order valence-corrected chi connectivity index (χ2v) is 9.07. The number of anilines is 1. The van der Waals surface area contributed by atoms with Crippen LogP contribution in [0.5, 0.6) is 0 Å². The van der Waals surface area contributed by atoms with E-state index in [1.165, 1.54) is 22.5 Å². The molecule has 0 saturated carbocycles. The number of carbonyl (C=O) groups is 1. The van der Waals surface area contributed by atoms with Crippen LogP contribution in [0.1, 0.15) is 20.8 Å². The van der Waals surface area contributed by atoms with Crippen LogP contribution in [0.25, 0.3) is 10.2 Å². The lowest BCUT2D eigenvalue weighted by Crippen LogP contribution is -2.09. The lowest BCUT2D eigenvalue weighted by atomic mass is 10.2. The first kappa shape index (κ1) is 17.3. The summed E-state index contributed by atoms with van der Waals surface area (Å²) >= 11 is 4.84. The standard InChI is InChI=1S/C20H16N2OS3/c1-13-4-6-14(7-5-13)12-25-20-22-16-9-8-15(11-18(16)26-20)21-19(23)17-3-2-10-24-17/h2-11H,12H2,1H3,(H,21,23). The number of carbonyl (C=O) groups excluding carboxylic acids is 1. The maximum absolute atomic E-state index is 12.2. The van der Waals surface area contributed by atoms with Crippen LogP contribution >= 0.6 is 34.4 Å². The fourth-order valence-electron chi connectivity index (χ4n) is 2.47. The molecule has 2 aromatic carbocycles. The molecule has 0 radical (unpaired) electrons. The van der Waals surface area contributed by atoms with Gasteiger partial charge in [0.05, 0.1) is 15.1 Å². The molecular formula is C20H16N2OS3. The monoisotopic (exact) mass is 396 g/mol. The van der Waals surface area contributed by atoms with E-state index in [-0.39, 0.29) is 5.91 Å². The zero-order chi connectivity index (χ0) is 17.9. The second kappa shape index (κ2) is 7.61. The highest BCUT2D eigenvalue weighted by atomic mass is 32.2. The normalized spacial score (nSPS) is 11.0. The summed E-state index contributed by atoms with van der Waals surface area (Å²) in [6, 6.07) is 18.2. The van der Waals surface area contributed by atoms with Gasteiger partial charge in [0, 0.05) is 11.4 Å². The fourth-order valence-corrected chi connectivity index (χ4v) is 5.16. The summed E-state index contributed by atoms with van der Waals surface area (Å²) in [6.07, 6.45) is 0. The van der Waals surface area contributed by atoms with Crippen LogP contribution in [0.4, 0.5) is 5.69 Å². The van der Waals surface area contributed by atoms with E-state index in [2.05, 4.69) is 41.5 Å². The van der Waals surface area contributed by atoms with E-state index in [1.54, 1.807) is 23.1 Å². The van der Waals surface area contributed by atoms with E-state index in [4.69, 9.17) is 0 Å². The Morgan fingerprint density at radius 1 is 1.15 bits per heavy atom.